The van der Waals surface area contributed by atoms with E-state index in [1.165, 1.54) is 5.56 Å². The summed E-state index contributed by atoms with van der Waals surface area (Å²) >= 11 is 0. The summed E-state index contributed by atoms with van der Waals surface area (Å²) in [5, 5.41) is 5.67. The van der Waals surface area contributed by atoms with Crippen LogP contribution in [0.4, 0.5) is 5.69 Å². The minimum atomic E-state index is -0.250. The molecule has 0 saturated heterocycles. The highest BCUT2D eigenvalue weighted by Crippen LogP contribution is 2.18. The maximum Gasteiger partial charge on any atom is 0.262 e. The first-order valence-electron chi connectivity index (χ1n) is 9.32. The molecule has 0 fully saturated rings. The van der Waals surface area contributed by atoms with E-state index >= 15 is 0 Å². The molecule has 0 aliphatic carbocycles. The third kappa shape index (κ3) is 6.44. The number of nitrogens with one attached hydrogen (secondary N) is 2. The van der Waals surface area contributed by atoms with E-state index in [1.54, 1.807) is 24.3 Å². The van der Waals surface area contributed by atoms with Crippen LogP contribution in [0.2, 0.25) is 0 Å². The lowest BCUT2D eigenvalue weighted by Crippen LogP contribution is -2.31. The number of amides is 2. The second kappa shape index (κ2) is 9.76. The highest BCUT2D eigenvalue weighted by molar-refractivity contribution is 5.96. The first kappa shape index (κ1) is 20.5. The van der Waals surface area contributed by atoms with Gasteiger partial charge in [0.15, 0.2) is 6.61 Å². The molecule has 5 nitrogen and oxygen atoms in total. The number of carbonyl (C=O) groups is 2. The normalized spacial score (nSPS) is 11.7. The maximum atomic E-state index is 12.1. The molecule has 0 aliphatic rings. The molecule has 0 aromatic heterocycles. The van der Waals surface area contributed by atoms with Crippen molar-refractivity contribution in [2.24, 2.45) is 0 Å². The molecule has 0 saturated carbocycles. The Labute approximate surface area is 161 Å². The molecule has 0 bridgehead atoms. The number of hydrogen-bond donors (Lipinski definition) is 2. The van der Waals surface area contributed by atoms with Gasteiger partial charge in [-0.25, -0.2) is 0 Å². The predicted molar refractivity (Wildman–Crippen MR) is 108 cm³/mol. The Morgan fingerprint density at radius 2 is 1.59 bits per heavy atom. The molecular weight excluding hydrogens is 340 g/mol. The largest absolute Gasteiger partial charge is 0.484 e. The van der Waals surface area contributed by atoms with Gasteiger partial charge in [-0.05, 0) is 61.2 Å². The van der Waals surface area contributed by atoms with Crippen molar-refractivity contribution in [3.63, 3.8) is 0 Å². The second-order valence-corrected chi connectivity index (χ2v) is 6.92. The van der Waals surface area contributed by atoms with Crippen LogP contribution in [0, 0.1) is 0 Å². The summed E-state index contributed by atoms with van der Waals surface area (Å²) in [6.45, 7) is 8.16. The number of benzene rings is 2. The summed E-state index contributed by atoms with van der Waals surface area (Å²) in [6.07, 6.45) is 0.875. The fourth-order valence-corrected chi connectivity index (χ4v) is 2.41. The first-order chi connectivity index (χ1) is 12.9. The minimum Gasteiger partial charge on any atom is -0.484 e. The highest BCUT2D eigenvalue weighted by atomic mass is 16.5. The second-order valence-electron chi connectivity index (χ2n) is 6.92. The van der Waals surface area contributed by atoms with Gasteiger partial charge in [0.05, 0.1) is 0 Å². The van der Waals surface area contributed by atoms with Crippen molar-refractivity contribution in [3.05, 3.63) is 59.7 Å². The number of ether oxygens (including phenoxy) is 1. The van der Waals surface area contributed by atoms with Crippen molar-refractivity contribution >= 4 is 17.5 Å². The van der Waals surface area contributed by atoms with Crippen LogP contribution in [0.3, 0.4) is 0 Å². The number of anilines is 1. The minimum absolute atomic E-state index is 0.0721. The molecule has 1 unspecified atom stereocenters. The van der Waals surface area contributed by atoms with Gasteiger partial charge in [-0.3, -0.25) is 9.59 Å². The van der Waals surface area contributed by atoms with E-state index in [2.05, 4.69) is 24.5 Å². The van der Waals surface area contributed by atoms with Crippen molar-refractivity contribution in [1.29, 1.82) is 0 Å². The third-order valence-corrected chi connectivity index (χ3v) is 4.34. The molecule has 0 radical (unpaired) electrons. The molecule has 0 spiro atoms. The van der Waals surface area contributed by atoms with Crippen LogP contribution in [0.25, 0.3) is 0 Å². The van der Waals surface area contributed by atoms with E-state index in [0.717, 1.165) is 6.42 Å². The maximum absolute atomic E-state index is 12.1. The van der Waals surface area contributed by atoms with E-state index < -0.39 is 0 Å². The Hall–Kier alpha value is -2.82. The molecule has 27 heavy (non-hydrogen) atoms. The highest BCUT2D eigenvalue weighted by Gasteiger charge is 2.09. The molecule has 0 heterocycles. The van der Waals surface area contributed by atoms with Crippen molar-refractivity contribution in [2.45, 2.75) is 46.1 Å². The van der Waals surface area contributed by atoms with Crippen LogP contribution >= 0.6 is 0 Å². The average molecular weight is 368 g/mol. The van der Waals surface area contributed by atoms with Gasteiger partial charge in [-0.15, -0.1) is 0 Å². The lowest BCUT2D eigenvalue weighted by molar-refractivity contribution is -0.118. The van der Waals surface area contributed by atoms with Gasteiger partial charge in [0.1, 0.15) is 5.75 Å². The predicted octanol–water partition coefficient (Wildman–Crippen LogP) is 4.36. The van der Waals surface area contributed by atoms with E-state index in [0.29, 0.717) is 22.9 Å². The Kier molecular flexibility index (Phi) is 7.41. The van der Waals surface area contributed by atoms with Gasteiger partial charge >= 0.3 is 0 Å². The van der Waals surface area contributed by atoms with Crippen molar-refractivity contribution in [1.82, 2.24) is 5.32 Å². The van der Waals surface area contributed by atoms with Crippen molar-refractivity contribution < 1.29 is 14.3 Å². The summed E-state index contributed by atoms with van der Waals surface area (Å²) < 4.78 is 5.52. The van der Waals surface area contributed by atoms with E-state index in [1.807, 2.05) is 38.1 Å². The quantitative estimate of drug-likeness (QED) is 0.728. The topological polar surface area (TPSA) is 67.4 Å². The van der Waals surface area contributed by atoms with Crippen LogP contribution in [0.15, 0.2) is 48.5 Å². The molecule has 2 amide bonds. The summed E-state index contributed by atoms with van der Waals surface area (Å²) in [6, 6.07) is 14.7. The number of carbonyl (C=O) groups excluding carboxylic acids is 2. The zero-order valence-corrected chi connectivity index (χ0v) is 16.4. The molecule has 2 aromatic rings. The first-order valence-corrected chi connectivity index (χ1v) is 9.32. The summed E-state index contributed by atoms with van der Waals surface area (Å²) in [4.78, 5) is 24.1. The Morgan fingerprint density at radius 3 is 2.15 bits per heavy atom. The Balaban J connectivity index is 1.84. The van der Waals surface area contributed by atoms with Gasteiger partial charge in [-0.1, -0.05) is 32.9 Å². The SMILES string of the molecule is CCC(C)NC(=O)c1ccc(NC(=O)COc2ccc(C(C)C)cc2)cc1. The van der Waals surface area contributed by atoms with Gasteiger partial charge < -0.3 is 15.4 Å². The molecule has 2 N–H and O–H groups in total. The molecule has 2 rings (SSSR count). The molecule has 5 heteroatoms. The van der Waals surface area contributed by atoms with Gasteiger partial charge in [-0.2, -0.15) is 0 Å². The van der Waals surface area contributed by atoms with E-state index in [-0.39, 0.29) is 24.5 Å². The van der Waals surface area contributed by atoms with Crippen LogP contribution < -0.4 is 15.4 Å². The molecule has 144 valence electrons. The van der Waals surface area contributed by atoms with E-state index in [4.69, 9.17) is 4.74 Å². The third-order valence-electron chi connectivity index (χ3n) is 4.34. The Bertz CT molecular complexity index is 752. The molecular formula is C22H28N2O3. The van der Waals surface area contributed by atoms with E-state index in [9.17, 15) is 9.59 Å². The van der Waals surface area contributed by atoms with Crippen LogP contribution in [-0.2, 0) is 4.79 Å². The fourth-order valence-electron chi connectivity index (χ4n) is 2.41. The zero-order valence-electron chi connectivity index (χ0n) is 16.4. The zero-order chi connectivity index (χ0) is 19.8. The summed E-state index contributed by atoms with van der Waals surface area (Å²) in [5.41, 5.74) is 2.41. The van der Waals surface area contributed by atoms with Crippen LogP contribution in [0.5, 0.6) is 5.75 Å². The van der Waals surface area contributed by atoms with Gasteiger partial charge in [0.2, 0.25) is 0 Å². The van der Waals surface area contributed by atoms with Crippen LogP contribution in [-0.4, -0.2) is 24.5 Å². The molecule has 0 aliphatic heterocycles. The van der Waals surface area contributed by atoms with Crippen molar-refractivity contribution in [2.75, 3.05) is 11.9 Å². The monoisotopic (exact) mass is 368 g/mol. The lowest BCUT2D eigenvalue weighted by Gasteiger charge is -2.12. The van der Waals surface area contributed by atoms with Crippen LogP contribution in [0.1, 0.15) is 56.0 Å². The van der Waals surface area contributed by atoms with Gasteiger partial charge in [0, 0.05) is 17.3 Å². The standard InChI is InChI=1S/C22H28N2O3/c1-5-16(4)23-22(26)18-6-10-19(11-7-18)24-21(25)14-27-20-12-8-17(9-13-20)15(2)3/h6-13,15-16H,5,14H2,1-4H3,(H,23,26)(H,24,25). The average Bonchev–Trinajstić information content (AvgIpc) is 2.67. The molecule has 2 aromatic carbocycles. The number of rotatable bonds is 8. The van der Waals surface area contributed by atoms with Crippen molar-refractivity contribution in [3.8, 4) is 5.75 Å². The summed E-state index contributed by atoms with van der Waals surface area (Å²) in [7, 11) is 0. The number of hydrogen-bond acceptors (Lipinski definition) is 3. The fraction of sp³-hybridized carbons (Fsp3) is 0.364. The smallest absolute Gasteiger partial charge is 0.262 e. The van der Waals surface area contributed by atoms with Gasteiger partial charge in [0.25, 0.3) is 11.8 Å². The molecule has 1 atom stereocenters. The summed E-state index contributed by atoms with van der Waals surface area (Å²) in [5.74, 6) is 0.749. The lowest BCUT2D eigenvalue weighted by atomic mass is 10.0. The Morgan fingerprint density at radius 1 is 0.963 bits per heavy atom.